The van der Waals surface area contributed by atoms with Crippen LogP contribution in [-0.4, -0.2) is 41.1 Å². The topological polar surface area (TPSA) is 86.3 Å². The molecule has 6 nitrogen and oxygen atoms in total. The maximum absolute atomic E-state index is 12.3. The number of aliphatic hydroxyl groups is 1. The molecule has 0 aliphatic rings. The second-order valence-electron chi connectivity index (χ2n) is 4.39. The Balaban J connectivity index is 3.12. The minimum absolute atomic E-state index is 0.0324. The van der Waals surface area contributed by atoms with E-state index in [0.717, 1.165) is 0 Å². The predicted octanol–water partition coefficient (Wildman–Crippen LogP) is 0.567. The first-order chi connectivity index (χ1) is 7.82. The predicted molar refractivity (Wildman–Crippen MR) is 63.8 cm³/mol. The van der Waals surface area contributed by atoms with Crippen LogP contribution in [0, 0.1) is 5.92 Å². The summed E-state index contributed by atoms with van der Waals surface area (Å²) >= 11 is 0. The minimum atomic E-state index is -3.63. The summed E-state index contributed by atoms with van der Waals surface area (Å²) in [7, 11) is -2.10. The summed E-state index contributed by atoms with van der Waals surface area (Å²) < 4.78 is 25.8. The van der Waals surface area contributed by atoms with Gasteiger partial charge in [-0.2, -0.15) is 9.40 Å². The molecular weight excluding hydrogens is 242 g/mol. The van der Waals surface area contributed by atoms with E-state index in [1.165, 1.54) is 17.5 Å². The van der Waals surface area contributed by atoms with Crippen molar-refractivity contribution in [2.24, 2.45) is 5.92 Å². The lowest BCUT2D eigenvalue weighted by molar-refractivity contribution is 0.276. The summed E-state index contributed by atoms with van der Waals surface area (Å²) in [5.74, 6) is 0.204. The van der Waals surface area contributed by atoms with E-state index in [0.29, 0.717) is 0 Å². The van der Waals surface area contributed by atoms with Gasteiger partial charge in [0.15, 0.2) is 5.03 Å². The molecule has 1 aromatic rings. The van der Waals surface area contributed by atoms with Crippen molar-refractivity contribution in [3.05, 3.63) is 11.8 Å². The molecule has 0 amide bonds. The van der Waals surface area contributed by atoms with Crippen molar-refractivity contribution in [2.45, 2.75) is 38.4 Å². The molecule has 1 rings (SSSR count). The first-order valence-electron chi connectivity index (χ1n) is 5.43. The monoisotopic (exact) mass is 261 g/mol. The van der Waals surface area contributed by atoms with Crippen LogP contribution < -0.4 is 0 Å². The smallest absolute Gasteiger partial charge is 0.260 e. The molecule has 0 aliphatic heterocycles. The van der Waals surface area contributed by atoms with E-state index in [2.05, 4.69) is 10.2 Å². The second-order valence-corrected chi connectivity index (χ2v) is 6.32. The highest BCUT2D eigenvalue weighted by molar-refractivity contribution is 7.89. The SMILES string of the molecule is CC(C)C(C)N(C)S(=O)(=O)c1[nH]ncc1CO. The number of aliphatic hydroxyl groups excluding tert-OH is 1. The van der Waals surface area contributed by atoms with Gasteiger partial charge >= 0.3 is 0 Å². The molecular formula is C10H19N3O3S. The Morgan fingerprint density at radius 3 is 2.53 bits per heavy atom. The van der Waals surface area contributed by atoms with Gasteiger partial charge in [-0.05, 0) is 12.8 Å². The first-order valence-corrected chi connectivity index (χ1v) is 6.87. The van der Waals surface area contributed by atoms with Gasteiger partial charge in [0.1, 0.15) is 0 Å². The van der Waals surface area contributed by atoms with Gasteiger partial charge < -0.3 is 5.11 Å². The zero-order valence-corrected chi connectivity index (χ0v) is 11.3. The van der Waals surface area contributed by atoms with Crippen LogP contribution in [0.1, 0.15) is 26.3 Å². The zero-order valence-electron chi connectivity index (χ0n) is 10.5. The highest BCUT2D eigenvalue weighted by atomic mass is 32.2. The molecule has 0 saturated carbocycles. The van der Waals surface area contributed by atoms with E-state index in [9.17, 15) is 8.42 Å². The Hall–Kier alpha value is -0.920. The highest BCUT2D eigenvalue weighted by Gasteiger charge is 2.30. The molecule has 1 unspecified atom stereocenters. The minimum Gasteiger partial charge on any atom is -0.392 e. The van der Waals surface area contributed by atoms with Crippen LogP contribution in [0.3, 0.4) is 0 Å². The summed E-state index contributed by atoms with van der Waals surface area (Å²) in [6.07, 6.45) is 1.32. The molecule has 0 saturated heterocycles. The van der Waals surface area contributed by atoms with Crippen LogP contribution in [0.5, 0.6) is 0 Å². The van der Waals surface area contributed by atoms with Gasteiger partial charge in [-0.3, -0.25) is 5.10 Å². The van der Waals surface area contributed by atoms with Crippen molar-refractivity contribution in [1.82, 2.24) is 14.5 Å². The molecule has 1 atom stereocenters. The standard InChI is InChI=1S/C10H19N3O3S/c1-7(2)8(3)13(4)17(15,16)10-9(6-14)5-11-12-10/h5,7-8,14H,6H2,1-4H3,(H,11,12). The number of rotatable bonds is 5. The second kappa shape index (κ2) is 5.16. The summed E-state index contributed by atoms with van der Waals surface area (Å²) in [5.41, 5.74) is 0.285. The third-order valence-electron chi connectivity index (χ3n) is 3.02. The quantitative estimate of drug-likeness (QED) is 0.811. The van der Waals surface area contributed by atoms with E-state index in [4.69, 9.17) is 5.11 Å². The van der Waals surface area contributed by atoms with Gasteiger partial charge in [-0.1, -0.05) is 13.8 Å². The lowest BCUT2D eigenvalue weighted by atomic mass is 10.1. The van der Waals surface area contributed by atoms with Crippen molar-refractivity contribution < 1.29 is 13.5 Å². The Kier molecular flexibility index (Phi) is 4.29. The molecule has 0 spiro atoms. The molecule has 17 heavy (non-hydrogen) atoms. The molecule has 1 heterocycles. The van der Waals surface area contributed by atoms with Gasteiger partial charge in [-0.25, -0.2) is 8.42 Å². The first kappa shape index (κ1) is 14.1. The summed E-state index contributed by atoms with van der Waals surface area (Å²) in [5, 5.41) is 15.1. The van der Waals surface area contributed by atoms with Crippen LogP contribution in [-0.2, 0) is 16.6 Å². The van der Waals surface area contributed by atoms with Gasteiger partial charge in [0.2, 0.25) is 0 Å². The molecule has 7 heteroatoms. The molecule has 1 aromatic heterocycles. The fourth-order valence-electron chi connectivity index (χ4n) is 1.42. The number of nitrogens with one attached hydrogen (secondary N) is 1. The van der Waals surface area contributed by atoms with Crippen LogP contribution in [0.2, 0.25) is 0 Å². The number of nitrogens with zero attached hydrogens (tertiary/aromatic N) is 2. The Bertz CT molecular complexity index is 467. The van der Waals surface area contributed by atoms with Crippen molar-refractivity contribution >= 4 is 10.0 Å². The summed E-state index contributed by atoms with van der Waals surface area (Å²) in [4.78, 5) is 0. The maximum atomic E-state index is 12.3. The summed E-state index contributed by atoms with van der Waals surface area (Å²) in [6, 6.07) is -0.130. The number of sulfonamides is 1. The van der Waals surface area contributed by atoms with E-state index < -0.39 is 10.0 Å². The molecule has 98 valence electrons. The van der Waals surface area contributed by atoms with Crippen LogP contribution in [0.4, 0.5) is 0 Å². The van der Waals surface area contributed by atoms with Crippen molar-refractivity contribution in [1.29, 1.82) is 0 Å². The van der Waals surface area contributed by atoms with E-state index in [-0.39, 0.29) is 29.2 Å². The maximum Gasteiger partial charge on any atom is 0.260 e. The van der Waals surface area contributed by atoms with Gasteiger partial charge in [-0.15, -0.1) is 0 Å². The average Bonchev–Trinajstić information content (AvgIpc) is 2.75. The van der Waals surface area contributed by atoms with Gasteiger partial charge in [0, 0.05) is 18.7 Å². The fourth-order valence-corrected chi connectivity index (χ4v) is 3.00. The van der Waals surface area contributed by atoms with E-state index in [1.54, 1.807) is 0 Å². The molecule has 0 radical (unpaired) electrons. The Labute approximate surface area is 102 Å². The number of hydrogen-bond donors (Lipinski definition) is 2. The molecule has 0 fully saturated rings. The zero-order chi connectivity index (χ0) is 13.2. The Morgan fingerprint density at radius 2 is 2.06 bits per heavy atom. The number of aromatic amines is 1. The van der Waals surface area contributed by atoms with Crippen molar-refractivity contribution in [3.8, 4) is 0 Å². The van der Waals surface area contributed by atoms with Crippen molar-refractivity contribution in [2.75, 3.05) is 7.05 Å². The molecule has 0 bridgehead atoms. The summed E-state index contributed by atoms with van der Waals surface area (Å²) in [6.45, 7) is 5.40. The van der Waals surface area contributed by atoms with Gasteiger partial charge in [0.05, 0.1) is 12.8 Å². The normalized spacial score (nSPS) is 14.5. The molecule has 0 aliphatic carbocycles. The van der Waals surface area contributed by atoms with E-state index in [1.807, 2.05) is 20.8 Å². The molecule has 0 aromatic carbocycles. The third kappa shape index (κ3) is 2.67. The van der Waals surface area contributed by atoms with E-state index >= 15 is 0 Å². The lowest BCUT2D eigenvalue weighted by Gasteiger charge is -2.26. The Morgan fingerprint density at radius 1 is 1.47 bits per heavy atom. The lowest BCUT2D eigenvalue weighted by Crippen LogP contribution is -2.38. The fraction of sp³-hybridized carbons (Fsp3) is 0.700. The number of hydrogen-bond acceptors (Lipinski definition) is 4. The van der Waals surface area contributed by atoms with Crippen LogP contribution in [0.15, 0.2) is 11.2 Å². The molecule has 2 N–H and O–H groups in total. The number of aromatic nitrogens is 2. The third-order valence-corrected chi connectivity index (χ3v) is 4.98. The number of H-pyrrole nitrogens is 1. The van der Waals surface area contributed by atoms with Crippen molar-refractivity contribution in [3.63, 3.8) is 0 Å². The highest BCUT2D eigenvalue weighted by Crippen LogP contribution is 2.20. The van der Waals surface area contributed by atoms with Gasteiger partial charge in [0.25, 0.3) is 10.0 Å². The largest absolute Gasteiger partial charge is 0.392 e. The van der Waals surface area contributed by atoms with Crippen LogP contribution in [0.25, 0.3) is 0 Å². The average molecular weight is 261 g/mol. The van der Waals surface area contributed by atoms with Crippen LogP contribution >= 0.6 is 0 Å².